The van der Waals surface area contributed by atoms with E-state index < -0.39 is 82.9 Å². The summed E-state index contributed by atoms with van der Waals surface area (Å²) in [5.41, 5.74) is 2.72. The van der Waals surface area contributed by atoms with E-state index in [1.807, 2.05) is 105 Å². The molecule has 1 N–H and O–H groups in total. The molecule has 6 rings (SSSR count). The number of hydrogen-bond donors (Lipinski definition) is 1. The molecule has 0 bridgehead atoms. The topological polar surface area (TPSA) is 133 Å². The van der Waals surface area contributed by atoms with Crippen LogP contribution in [0.2, 0.25) is 0 Å². The number of alkyl halides is 3. The van der Waals surface area contributed by atoms with Crippen LogP contribution in [0.25, 0.3) is 0 Å². The Morgan fingerprint density at radius 3 is 1.75 bits per heavy atom. The molecule has 0 unspecified atom stereocenters. The highest BCUT2D eigenvalue weighted by Crippen LogP contribution is 2.39. The zero-order chi connectivity index (χ0) is 39.2. The van der Waals surface area contributed by atoms with Crippen molar-refractivity contribution in [1.82, 2.24) is 0 Å². The second-order valence-corrected chi connectivity index (χ2v) is 16.2. The Labute approximate surface area is 335 Å². The fraction of sp³-hybridized carbons (Fsp3) is 0.500. The molecule has 0 radical (unpaired) electrons. The zero-order valence-electron chi connectivity index (χ0n) is 30.9. The molecule has 3 aliphatic rings. The Balaban J connectivity index is 1.38. The minimum absolute atomic E-state index is 0.158. The predicted octanol–water partition coefficient (Wildman–Crippen LogP) is 7.04. The maximum absolute atomic E-state index is 12.7. The number of halogens is 3. The summed E-state index contributed by atoms with van der Waals surface area (Å²) < 4.78 is 61.5. The molecule has 3 aromatic carbocycles. The van der Waals surface area contributed by atoms with Gasteiger partial charge in [-0.2, -0.15) is 0 Å². The first-order valence-electron chi connectivity index (χ1n) is 18.0. The van der Waals surface area contributed by atoms with Gasteiger partial charge in [-0.15, -0.1) is 0 Å². The maximum Gasteiger partial charge on any atom is 0.303 e. The van der Waals surface area contributed by atoms with Crippen LogP contribution in [0, 0.1) is 5.41 Å². The van der Waals surface area contributed by atoms with Crippen LogP contribution in [0.1, 0.15) is 44.4 Å². The Kier molecular flexibility index (Phi) is 14.1. The zero-order valence-corrected chi connectivity index (χ0v) is 33.2. The number of fused-ring (bicyclic) bond motifs is 1. The first kappa shape index (κ1) is 41.8. The van der Waals surface area contributed by atoms with Gasteiger partial charge in [-0.25, -0.2) is 0 Å². The summed E-state index contributed by atoms with van der Waals surface area (Å²) >= 11 is 18.0. The second-order valence-electron chi connectivity index (χ2n) is 13.9. The molecule has 0 spiro atoms. The van der Waals surface area contributed by atoms with Gasteiger partial charge in [0.1, 0.15) is 36.6 Å². The molecular formula is C40H46Cl3NO11. The SMILES string of the molecule is CC(=O)O[C@H]1[C@H](OC(=N)C(Cl)(Cl)Cl)O[C@@H](C)[C@H](OCc2ccccc2)[C@H]1O[C@H]1O[C@@H]2COC(C)(C)O[C@H]2[C@H](OCc2ccccc2)[C@H]1OCc1ccccc1. The minimum Gasteiger partial charge on any atom is -0.453 e. The van der Waals surface area contributed by atoms with Crippen molar-refractivity contribution in [1.29, 1.82) is 5.41 Å². The lowest BCUT2D eigenvalue weighted by Crippen LogP contribution is -2.68. The molecule has 0 aromatic heterocycles. The van der Waals surface area contributed by atoms with Crippen LogP contribution in [0.4, 0.5) is 0 Å². The molecule has 3 fully saturated rings. The van der Waals surface area contributed by atoms with Gasteiger partial charge in [-0.1, -0.05) is 126 Å². The van der Waals surface area contributed by atoms with Crippen LogP contribution < -0.4 is 0 Å². The third kappa shape index (κ3) is 11.2. The van der Waals surface area contributed by atoms with Crippen LogP contribution >= 0.6 is 34.8 Å². The quantitative estimate of drug-likeness (QED) is 0.0824. The number of hydrogen-bond acceptors (Lipinski definition) is 12. The van der Waals surface area contributed by atoms with E-state index in [4.69, 9.17) is 87.6 Å². The molecule has 3 heterocycles. The first-order chi connectivity index (χ1) is 26.3. The number of carbonyl (C=O) groups is 1. The molecule has 3 aromatic rings. The predicted molar refractivity (Wildman–Crippen MR) is 202 cm³/mol. The van der Waals surface area contributed by atoms with E-state index in [1.54, 1.807) is 6.92 Å². The van der Waals surface area contributed by atoms with E-state index in [2.05, 4.69) is 0 Å². The Hall–Kier alpha value is -2.85. The number of benzene rings is 3. The highest BCUT2D eigenvalue weighted by atomic mass is 35.6. The van der Waals surface area contributed by atoms with E-state index in [-0.39, 0.29) is 26.4 Å². The van der Waals surface area contributed by atoms with Crippen molar-refractivity contribution in [2.75, 3.05) is 6.61 Å². The van der Waals surface area contributed by atoms with Gasteiger partial charge in [-0.05, 0) is 37.5 Å². The van der Waals surface area contributed by atoms with Crippen molar-refractivity contribution < 1.29 is 52.2 Å². The highest BCUT2D eigenvalue weighted by molar-refractivity contribution is 6.76. The largest absolute Gasteiger partial charge is 0.453 e. The van der Waals surface area contributed by atoms with E-state index in [9.17, 15) is 4.79 Å². The first-order valence-corrected chi connectivity index (χ1v) is 19.1. The molecule has 3 aliphatic heterocycles. The molecular weight excluding hydrogens is 777 g/mol. The van der Waals surface area contributed by atoms with Crippen LogP contribution in [-0.4, -0.2) is 89.5 Å². The molecule has 3 saturated heterocycles. The van der Waals surface area contributed by atoms with E-state index in [1.165, 1.54) is 6.92 Å². The average molecular weight is 823 g/mol. The monoisotopic (exact) mass is 821 g/mol. The smallest absolute Gasteiger partial charge is 0.303 e. The average Bonchev–Trinajstić information content (AvgIpc) is 3.15. The fourth-order valence-corrected chi connectivity index (χ4v) is 6.82. The molecule has 298 valence electrons. The molecule has 55 heavy (non-hydrogen) atoms. The van der Waals surface area contributed by atoms with Crippen molar-refractivity contribution in [2.45, 2.75) is 119 Å². The summed E-state index contributed by atoms with van der Waals surface area (Å²) in [6, 6.07) is 28.9. The second kappa shape index (κ2) is 18.6. The summed E-state index contributed by atoms with van der Waals surface area (Å²) in [6.45, 7) is 7.35. The maximum atomic E-state index is 12.7. The van der Waals surface area contributed by atoms with Crippen molar-refractivity contribution in [3.8, 4) is 0 Å². The molecule has 10 atom stereocenters. The molecule has 15 heteroatoms. The van der Waals surface area contributed by atoms with Crippen LogP contribution in [0.3, 0.4) is 0 Å². The Bertz CT molecular complexity index is 1680. The lowest BCUT2D eigenvalue weighted by Gasteiger charge is -2.52. The fourth-order valence-electron chi connectivity index (χ4n) is 6.68. The van der Waals surface area contributed by atoms with Gasteiger partial charge in [0, 0.05) is 6.92 Å². The van der Waals surface area contributed by atoms with Gasteiger partial charge >= 0.3 is 5.97 Å². The van der Waals surface area contributed by atoms with Crippen molar-refractivity contribution >= 4 is 46.7 Å². The van der Waals surface area contributed by atoms with Crippen LogP contribution in [-0.2, 0) is 72.0 Å². The van der Waals surface area contributed by atoms with Gasteiger partial charge in [0.2, 0.25) is 12.2 Å². The van der Waals surface area contributed by atoms with Crippen molar-refractivity contribution in [2.24, 2.45) is 0 Å². The normalized spacial score (nSPS) is 30.5. The number of nitrogens with one attached hydrogen (secondary N) is 1. The number of rotatable bonds is 13. The van der Waals surface area contributed by atoms with Crippen molar-refractivity contribution in [3.63, 3.8) is 0 Å². The standard InChI is InChI=1S/C40H46Cl3NO11/c1-24-30(46-20-26-14-8-5-9-15-26)33(35(51-25(2)45)37(50-24)54-38(44)40(41,42)43)53-36-34(48-22-28-18-12-7-13-19-28)32(47-21-27-16-10-6-11-17-27)31-29(52-36)23-49-39(3,4)55-31/h5-19,24,29-37,44H,20-23H2,1-4H3/t24-,29+,30-,31+,32-,33+,34+,35+,36+,37-/m0/s1. The van der Waals surface area contributed by atoms with Gasteiger partial charge in [-0.3, -0.25) is 10.2 Å². The lowest BCUT2D eigenvalue weighted by molar-refractivity contribution is -0.405. The van der Waals surface area contributed by atoms with Gasteiger partial charge in [0.25, 0.3) is 3.79 Å². The number of carbonyl (C=O) groups excluding carboxylic acids is 1. The third-order valence-electron chi connectivity index (χ3n) is 9.27. The summed E-state index contributed by atoms with van der Waals surface area (Å²) in [6.07, 6.45) is -9.71. The van der Waals surface area contributed by atoms with E-state index >= 15 is 0 Å². The summed E-state index contributed by atoms with van der Waals surface area (Å²) in [7, 11) is 0. The number of esters is 1. The van der Waals surface area contributed by atoms with Crippen LogP contribution in [0.5, 0.6) is 0 Å². The molecule has 0 saturated carbocycles. The van der Waals surface area contributed by atoms with Gasteiger partial charge in [0.05, 0.1) is 32.5 Å². The Morgan fingerprint density at radius 2 is 1.24 bits per heavy atom. The summed E-state index contributed by atoms with van der Waals surface area (Å²) in [5, 5.41) is 8.32. The highest BCUT2D eigenvalue weighted by Gasteiger charge is 2.57. The number of ether oxygens (including phenoxy) is 10. The summed E-state index contributed by atoms with van der Waals surface area (Å²) in [4.78, 5) is 12.7. The van der Waals surface area contributed by atoms with E-state index in [0.29, 0.717) is 0 Å². The molecule has 0 amide bonds. The minimum atomic E-state index is -2.24. The summed E-state index contributed by atoms with van der Waals surface area (Å²) in [5.74, 6) is -2.38. The third-order valence-corrected chi connectivity index (χ3v) is 9.79. The van der Waals surface area contributed by atoms with E-state index in [0.717, 1.165) is 16.7 Å². The van der Waals surface area contributed by atoms with Crippen LogP contribution in [0.15, 0.2) is 91.0 Å². The Morgan fingerprint density at radius 1 is 0.727 bits per heavy atom. The van der Waals surface area contributed by atoms with Gasteiger partial charge < -0.3 is 47.4 Å². The van der Waals surface area contributed by atoms with Gasteiger partial charge in [0.15, 0.2) is 18.2 Å². The molecule has 12 nitrogen and oxygen atoms in total. The van der Waals surface area contributed by atoms with Crippen molar-refractivity contribution in [3.05, 3.63) is 108 Å². The molecule has 0 aliphatic carbocycles. The lowest BCUT2D eigenvalue weighted by atomic mass is 9.95.